The predicted molar refractivity (Wildman–Crippen MR) is 105 cm³/mol. The Labute approximate surface area is 151 Å². The van der Waals surface area contributed by atoms with Crippen molar-refractivity contribution < 1.29 is 4.79 Å². The summed E-state index contributed by atoms with van der Waals surface area (Å²) in [7, 11) is 0. The Balaban J connectivity index is 1.74. The minimum Gasteiger partial charge on any atom is -0.343 e. The second-order valence-electron chi connectivity index (χ2n) is 5.73. The molecule has 4 nitrogen and oxygen atoms in total. The van der Waals surface area contributed by atoms with Gasteiger partial charge in [-0.25, -0.2) is 4.98 Å². The first kappa shape index (κ1) is 17.3. The van der Waals surface area contributed by atoms with Gasteiger partial charge in [-0.1, -0.05) is 42.5 Å². The molecule has 0 aliphatic heterocycles. The SMILES string of the molecule is CSCCC(NC(=O)C=Cc1ccccc1)c1nc2ccccc2[nH]1. The number of aromatic amines is 1. The van der Waals surface area contributed by atoms with E-state index in [1.807, 2.05) is 60.7 Å². The molecule has 1 unspecified atom stereocenters. The van der Waals surface area contributed by atoms with Crippen LogP contribution in [0, 0.1) is 0 Å². The number of aromatic nitrogens is 2. The third-order valence-corrected chi connectivity index (χ3v) is 4.54. The van der Waals surface area contributed by atoms with Crippen LogP contribution in [-0.2, 0) is 4.79 Å². The van der Waals surface area contributed by atoms with Crippen LogP contribution in [0.5, 0.6) is 0 Å². The van der Waals surface area contributed by atoms with Crippen LogP contribution in [0.1, 0.15) is 23.9 Å². The number of fused-ring (bicyclic) bond motifs is 1. The average molecular weight is 351 g/mol. The monoisotopic (exact) mass is 351 g/mol. The van der Waals surface area contributed by atoms with Gasteiger partial charge in [-0.05, 0) is 42.2 Å². The summed E-state index contributed by atoms with van der Waals surface area (Å²) in [6.45, 7) is 0. The minimum atomic E-state index is -0.132. The third-order valence-electron chi connectivity index (χ3n) is 3.89. The number of carbonyl (C=O) groups is 1. The number of benzene rings is 2. The Kier molecular flexibility index (Phi) is 5.90. The van der Waals surface area contributed by atoms with E-state index >= 15 is 0 Å². The number of imidazole rings is 1. The Bertz CT molecular complexity index is 825. The fourth-order valence-corrected chi connectivity index (χ4v) is 3.08. The molecule has 0 aliphatic carbocycles. The van der Waals surface area contributed by atoms with E-state index in [4.69, 9.17) is 0 Å². The fraction of sp³-hybridized carbons (Fsp3) is 0.200. The van der Waals surface area contributed by atoms with E-state index in [0.717, 1.165) is 34.6 Å². The van der Waals surface area contributed by atoms with E-state index in [-0.39, 0.29) is 11.9 Å². The van der Waals surface area contributed by atoms with Crippen molar-refractivity contribution in [1.29, 1.82) is 0 Å². The van der Waals surface area contributed by atoms with Crippen LogP contribution < -0.4 is 5.32 Å². The lowest BCUT2D eigenvalue weighted by Gasteiger charge is -2.15. The first-order valence-electron chi connectivity index (χ1n) is 8.23. The largest absolute Gasteiger partial charge is 0.343 e. The standard InChI is InChI=1S/C20H21N3OS/c1-25-14-13-18(20-22-16-9-5-6-10-17(16)23-20)21-19(24)12-11-15-7-3-2-4-8-15/h2-12,18H,13-14H2,1H3,(H,21,24)(H,22,23). The molecule has 1 amide bonds. The summed E-state index contributed by atoms with van der Waals surface area (Å²) in [5.74, 6) is 1.64. The maximum absolute atomic E-state index is 12.3. The molecule has 1 aromatic heterocycles. The molecule has 3 rings (SSSR count). The van der Waals surface area contributed by atoms with Gasteiger partial charge in [0.05, 0.1) is 17.1 Å². The number of hydrogen-bond acceptors (Lipinski definition) is 3. The van der Waals surface area contributed by atoms with E-state index < -0.39 is 0 Å². The van der Waals surface area contributed by atoms with Gasteiger partial charge in [0.2, 0.25) is 5.91 Å². The van der Waals surface area contributed by atoms with Crippen molar-refractivity contribution in [3.05, 3.63) is 72.1 Å². The fourth-order valence-electron chi connectivity index (χ4n) is 2.61. The molecule has 2 aromatic carbocycles. The van der Waals surface area contributed by atoms with Crippen molar-refractivity contribution in [1.82, 2.24) is 15.3 Å². The lowest BCUT2D eigenvalue weighted by molar-refractivity contribution is -0.117. The molecule has 5 heteroatoms. The molecule has 0 radical (unpaired) electrons. The number of thioether (sulfide) groups is 1. The minimum absolute atomic E-state index is 0.115. The summed E-state index contributed by atoms with van der Waals surface area (Å²) in [5, 5.41) is 3.07. The van der Waals surface area contributed by atoms with E-state index in [9.17, 15) is 4.79 Å². The van der Waals surface area contributed by atoms with Crippen molar-refractivity contribution in [2.45, 2.75) is 12.5 Å². The first-order chi connectivity index (χ1) is 12.3. The molecular formula is C20H21N3OS. The highest BCUT2D eigenvalue weighted by Crippen LogP contribution is 2.20. The Morgan fingerprint density at radius 1 is 1.20 bits per heavy atom. The molecule has 0 fully saturated rings. The summed E-state index contributed by atoms with van der Waals surface area (Å²) in [4.78, 5) is 20.3. The number of nitrogens with zero attached hydrogens (tertiary/aromatic N) is 1. The predicted octanol–water partition coefficient (Wildman–Crippen LogP) is 4.19. The van der Waals surface area contributed by atoms with E-state index in [1.54, 1.807) is 17.8 Å². The summed E-state index contributed by atoms with van der Waals surface area (Å²) < 4.78 is 0. The van der Waals surface area contributed by atoms with Crippen LogP contribution in [0.15, 0.2) is 60.7 Å². The zero-order chi connectivity index (χ0) is 17.5. The lowest BCUT2D eigenvalue weighted by atomic mass is 10.2. The summed E-state index contributed by atoms with van der Waals surface area (Å²) >= 11 is 1.76. The normalized spacial score (nSPS) is 12.5. The molecule has 128 valence electrons. The number of rotatable bonds is 7. The van der Waals surface area contributed by atoms with Crippen molar-refractivity contribution in [3.63, 3.8) is 0 Å². The molecule has 25 heavy (non-hydrogen) atoms. The lowest BCUT2D eigenvalue weighted by Crippen LogP contribution is -2.28. The van der Waals surface area contributed by atoms with E-state index in [2.05, 4.69) is 21.5 Å². The quantitative estimate of drug-likeness (QED) is 0.628. The zero-order valence-corrected chi connectivity index (χ0v) is 14.9. The van der Waals surface area contributed by atoms with Crippen molar-refractivity contribution >= 4 is 34.8 Å². The molecule has 2 N–H and O–H groups in total. The van der Waals surface area contributed by atoms with E-state index in [0.29, 0.717) is 0 Å². The topological polar surface area (TPSA) is 57.8 Å². The Morgan fingerprint density at radius 3 is 2.72 bits per heavy atom. The summed E-state index contributed by atoms with van der Waals surface area (Å²) in [6.07, 6.45) is 6.28. The highest BCUT2D eigenvalue weighted by Gasteiger charge is 2.17. The molecule has 0 saturated heterocycles. The summed E-state index contributed by atoms with van der Waals surface area (Å²) in [5.41, 5.74) is 2.91. The molecule has 0 saturated carbocycles. The van der Waals surface area contributed by atoms with Gasteiger partial charge in [0, 0.05) is 6.08 Å². The number of carbonyl (C=O) groups excluding carboxylic acids is 1. The van der Waals surface area contributed by atoms with Crippen LogP contribution in [0.2, 0.25) is 0 Å². The number of para-hydroxylation sites is 2. The van der Waals surface area contributed by atoms with Crippen molar-refractivity contribution in [2.24, 2.45) is 0 Å². The van der Waals surface area contributed by atoms with Gasteiger partial charge in [0.25, 0.3) is 0 Å². The number of H-pyrrole nitrogens is 1. The van der Waals surface area contributed by atoms with Crippen LogP contribution in [-0.4, -0.2) is 27.9 Å². The summed E-state index contributed by atoms with van der Waals surface area (Å²) in [6, 6.07) is 17.6. The van der Waals surface area contributed by atoms with Gasteiger partial charge in [-0.15, -0.1) is 0 Å². The number of nitrogens with one attached hydrogen (secondary N) is 2. The van der Waals surface area contributed by atoms with Crippen LogP contribution in [0.25, 0.3) is 17.1 Å². The Hall–Kier alpha value is -2.53. The Morgan fingerprint density at radius 2 is 1.96 bits per heavy atom. The van der Waals surface area contributed by atoms with Gasteiger partial charge < -0.3 is 10.3 Å². The maximum atomic E-state index is 12.3. The highest BCUT2D eigenvalue weighted by molar-refractivity contribution is 7.98. The molecule has 0 bridgehead atoms. The first-order valence-corrected chi connectivity index (χ1v) is 9.63. The van der Waals surface area contributed by atoms with Crippen molar-refractivity contribution in [3.8, 4) is 0 Å². The molecule has 1 atom stereocenters. The molecule has 0 spiro atoms. The molecular weight excluding hydrogens is 330 g/mol. The molecule has 3 aromatic rings. The molecule has 1 heterocycles. The van der Waals surface area contributed by atoms with Crippen molar-refractivity contribution in [2.75, 3.05) is 12.0 Å². The second kappa shape index (κ2) is 8.53. The van der Waals surface area contributed by atoms with Crippen LogP contribution in [0.3, 0.4) is 0 Å². The van der Waals surface area contributed by atoms with Gasteiger partial charge in [0.15, 0.2) is 0 Å². The maximum Gasteiger partial charge on any atom is 0.244 e. The molecule has 0 aliphatic rings. The smallest absolute Gasteiger partial charge is 0.244 e. The average Bonchev–Trinajstić information content (AvgIpc) is 3.08. The van der Waals surface area contributed by atoms with E-state index in [1.165, 1.54) is 0 Å². The van der Waals surface area contributed by atoms with Gasteiger partial charge in [-0.2, -0.15) is 11.8 Å². The third kappa shape index (κ3) is 4.73. The highest BCUT2D eigenvalue weighted by atomic mass is 32.2. The number of amides is 1. The second-order valence-corrected chi connectivity index (χ2v) is 6.71. The van der Waals surface area contributed by atoms with Crippen LogP contribution in [0.4, 0.5) is 0 Å². The van der Waals surface area contributed by atoms with Gasteiger partial charge in [0.1, 0.15) is 5.82 Å². The van der Waals surface area contributed by atoms with Gasteiger partial charge >= 0.3 is 0 Å². The van der Waals surface area contributed by atoms with Gasteiger partial charge in [-0.3, -0.25) is 4.79 Å². The van der Waals surface area contributed by atoms with Crippen LogP contribution >= 0.6 is 11.8 Å². The zero-order valence-electron chi connectivity index (χ0n) is 14.1. The number of hydrogen-bond donors (Lipinski definition) is 2.